The number of nitrogens with two attached hydrogens (primary N) is 1. The third-order valence-corrected chi connectivity index (χ3v) is 4.08. The van der Waals surface area contributed by atoms with Crippen LogP contribution in [0.4, 0.5) is 0 Å². The van der Waals surface area contributed by atoms with Crippen molar-refractivity contribution in [3.63, 3.8) is 0 Å². The van der Waals surface area contributed by atoms with Crippen LogP contribution < -0.4 is 5.73 Å². The van der Waals surface area contributed by atoms with Crippen molar-refractivity contribution in [1.29, 1.82) is 0 Å². The number of likely N-dealkylation sites (tertiary alicyclic amines) is 1. The van der Waals surface area contributed by atoms with Crippen molar-refractivity contribution in [3.8, 4) is 0 Å². The van der Waals surface area contributed by atoms with E-state index in [-0.39, 0.29) is 0 Å². The molecule has 0 bridgehead atoms. The Morgan fingerprint density at radius 2 is 2.11 bits per heavy atom. The van der Waals surface area contributed by atoms with E-state index in [1.807, 2.05) is 12.1 Å². The van der Waals surface area contributed by atoms with Gasteiger partial charge in [0, 0.05) is 18.9 Å². The van der Waals surface area contributed by atoms with Gasteiger partial charge in [0.1, 0.15) is 5.65 Å². The largest absolute Gasteiger partial charge is 0.330 e. The van der Waals surface area contributed by atoms with Gasteiger partial charge in [-0.15, -0.1) is 0 Å². The first-order chi connectivity index (χ1) is 9.35. The molecule has 4 nitrogen and oxygen atoms in total. The summed E-state index contributed by atoms with van der Waals surface area (Å²) >= 11 is 0. The molecule has 2 aromatic heterocycles. The third-order valence-electron chi connectivity index (χ3n) is 4.08. The van der Waals surface area contributed by atoms with Crippen molar-refractivity contribution in [3.05, 3.63) is 36.3 Å². The van der Waals surface area contributed by atoms with E-state index in [4.69, 9.17) is 5.73 Å². The Bertz CT molecular complexity index is 493. The van der Waals surface area contributed by atoms with Crippen LogP contribution in [0.2, 0.25) is 0 Å². The molecule has 3 rings (SSSR count). The first-order valence-electron chi connectivity index (χ1n) is 7.20. The van der Waals surface area contributed by atoms with E-state index in [9.17, 15) is 0 Å². The normalized spacial score (nSPS) is 18.2. The molecule has 2 N–H and O–H groups in total. The summed E-state index contributed by atoms with van der Waals surface area (Å²) in [6.45, 7) is 4.16. The van der Waals surface area contributed by atoms with Crippen molar-refractivity contribution in [2.45, 2.75) is 25.8 Å². The van der Waals surface area contributed by atoms with E-state index in [1.165, 1.54) is 38.0 Å². The van der Waals surface area contributed by atoms with E-state index in [2.05, 4.69) is 32.7 Å². The van der Waals surface area contributed by atoms with Crippen LogP contribution in [0.5, 0.6) is 0 Å². The molecule has 2 aromatic rings. The van der Waals surface area contributed by atoms with E-state index in [0.717, 1.165) is 24.7 Å². The highest BCUT2D eigenvalue weighted by molar-refractivity contribution is 5.39. The number of hydrogen-bond acceptors (Lipinski definition) is 3. The number of piperidine rings is 1. The van der Waals surface area contributed by atoms with Crippen molar-refractivity contribution in [1.82, 2.24) is 14.3 Å². The third kappa shape index (κ3) is 2.96. The molecule has 0 saturated carbocycles. The van der Waals surface area contributed by atoms with E-state index in [0.29, 0.717) is 0 Å². The minimum atomic E-state index is 0.830. The summed E-state index contributed by atoms with van der Waals surface area (Å²) in [5.41, 5.74) is 7.84. The Labute approximate surface area is 114 Å². The highest BCUT2D eigenvalue weighted by Gasteiger charge is 2.19. The maximum Gasteiger partial charge on any atom is 0.137 e. The van der Waals surface area contributed by atoms with Gasteiger partial charge in [-0.25, -0.2) is 4.98 Å². The summed E-state index contributed by atoms with van der Waals surface area (Å²) < 4.78 is 2.09. The van der Waals surface area contributed by atoms with Crippen LogP contribution in [-0.4, -0.2) is 33.9 Å². The predicted octanol–water partition coefficient (Wildman–Crippen LogP) is 1.90. The molecular formula is C15H22N4. The maximum atomic E-state index is 5.63. The SMILES string of the molecule is NCCC1CCN(Cc2cn3ccccc3n2)CC1. The Morgan fingerprint density at radius 1 is 1.26 bits per heavy atom. The lowest BCUT2D eigenvalue weighted by Gasteiger charge is -2.31. The zero-order valence-corrected chi connectivity index (χ0v) is 11.3. The molecule has 0 aliphatic carbocycles. The summed E-state index contributed by atoms with van der Waals surface area (Å²) in [6, 6.07) is 6.12. The number of nitrogens with zero attached hydrogens (tertiary/aromatic N) is 3. The van der Waals surface area contributed by atoms with Crippen LogP contribution in [0.3, 0.4) is 0 Å². The quantitative estimate of drug-likeness (QED) is 0.911. The van der Waals surface area contributed by atoms with Crippen molar-refractivity contribution >= 4 is 5.65 Å². The molecule has 0 aromatic carbocycles. The standard InChI is InChI=1S/C15H22N4/c16-7-4-13-5-9-18(10-6-13)11-14-12-19-8-2-1-3-15(19)17-14/h1-3,8,12-13H,4-7,9-11,16H2. The highest BCUT2D eigenvalue weighted by atomic mass is 15.1. The molecule has 0 unspecified atom stereocenters. The molecule has 0 atom stereocenters. The fourth-order valence-corrected chi connectivity index (χ4v) is 2.96. The van der Waals surface area contributed by atoms with Crippen molar-refractivity contribution in [2.75, 3.05) is 19.6 Å². The lowest BCUT2D eigenvalue weighted by atomic mass is 9.93. The van der Waals surface area contributed by atoms with Gasteiger partial charge in [-0.05, 0) is 56.9 Å². The molecule has 19 heavy (non-hydrogen) atoms. The number of hydrogen-bond donors (Lipinski definition) is 1. The van der Waals surface area contributed by atoms with Crippen LogP contribution >= 0.6 is 0 Å². The van der Waals surface area contributed by atoms with E-state index < -0.39 is 0 Å². The topological polar surface area (TPSA) is 46.6 Å². The first-order valence-corrected chi connectivity index (χ1v) is 7.20. The summed E-state index contributed by atoms with van der Waals surface area (Å²) in [7, 11) is 0. The van der Waals surface area contributed by atoms with Crippen LogP contribution in [0.15, 0.2) is 30.6 Å². The lowest BCUT2D eigenvalue weighted by Crippen LogP contribution is -2.33. The number of pyridine rings is 1. The van der Waals surface area contributed by atoms with Crippen LogP contribution in [0.1, 0.15) is 25.0 Å². The van der Waals surface area contributed by atoms with Crippen LogP contribution in [0, 0.1) is 5.92 Å². The molecule has 3 heterocycles. The summed E-state index contributed by atoms with van der Waals surface area (Å²) in [6.07, 6.45) is 7.94. The minimum Gasteiger partial charge on any atom is -0.330 e. The van der Waals surface area contributed by atoms with Gasteiger partial charge in [-0.2, -0.15) is 0 Å². The Kier molecular flexibility index (Phi) is 3.80. The van der Waals surface area contributed by atoms with Crippen molar-refractivity contribution in [2.24, 2.45) is 11.7 Å². The van der Waals surface area contributed by atoms with Gasteiger partial charge < -0.3 is 10.1 Å². The molecule has 1 aliphatic rings. The van der Waals surface area contributed by atoms with Gasteiger partial charge in [-0.3, -0.25) is 4.90 Å². The monoisotopic (exact) mass is 258 g/mol. The van der Waals surface area contributed by atoms with Gasteiger partial charge in [0.25, 0.3) is 0 Å². The molecule has 0 amide bonds. The molecule has 1 aliphatic heterocycles. The van der Waals surface area contributed by atoms with Gasteiger partial charge in [-0.1, -0.05) is 6.07 Å². The summed E-state index contributed by atoms with van der Waals surface area (Å²) in [5, 5.41) is 0. The van der Waals surface area contributed by atoms with Gasteiger partial charge in [0.15, 0.2) is 0 Å². The van der Waals surface area contributed by atoms with Crippen molar-refractivity contribution < 1.29 is 0 Å². The number of imidazole rings is 1. The Hall–Kier alpha value is -1.39. The summed E-state index contributed by atoms with van der Waals surface area (Å²) in [5.74, 6) is 0.835. The zero-order chi connectivity index (χ0) is 13.1. The maximum absolute atomic E-state index is 5.63. The fraction of sp³-hybridized carbons (Fsp3) is 0.533. The van der Waals surface area contributed by atoms with Crippen LogP contribution in [0.25, 0.3) is 5.65 Å². The molecule has 0 spiro atoms. The number of aromatic nitrogens is 2. The minimum absolute atomic E-state index is 0.830. The molecule has 1 fully saturated rings. The molecular weight excluding hydrogens is 236 g/mol. The average Bonchev–Trinajstić information content (AvgIpc) is 2.83. The van der Waals surface area contributed by atoms with Gasteiger partial charge in [0.05, 0.1) is 5.69 Å². The lowest BCUT2D eigenvalue weighted by molar-refractivity contribution is 0.172. The second kappa shape index (κ2) is 5.72. The predicted molar refractivity (Wildman–Crippen MR) is 76.9 cm³/mol. The van der Waals surface area contributed by atoms with Gasteiger partial charge in [0.2, 0.25) is 0 Å². The smallest absolute Gasteiger partial charge is 0.137 e. The second-order valence-electron chi connectivity index (χ2n) is 5.50. The summed E-state index contributed by atoms with van der Waals surface area (Å²) in [4.78, 5) is 7.17. The van der Waals surface area contributed by atoms with Gasteiger partial charge >= 0.3 is 0 Å². The fourth-order valence-electron chi connectivity index (χ4n) is 2.96. The highest BCUT2D eigenvalue weighted by Crippen LogP contribution is 2.21. The Morgan fingerprint density at radius 3 is 2.84 bits per heavy atom. The Balaban J connectivity index is 1.60. The van der Waals surface area contributed by atoms with Crippen LogP contribution in [-0.2, 0) is 6.54 Å². The molecule has 1 saturated heterocycles. The van der Waals surface area contributed by atoms with E-state index >= 15 is 0 Å². The average molecular weight is 258 g/mol. The number of fused-ring (bicyclic) bond motifs is 1. The van der Waals surface area contributed by atoms with E-state index in [1.54, 1.807) is 0 Å². The molecule has 0 radical (unpaired) electrons. The second-order valence-corrected chi connectivity index (χ2v) is 5.50. The first kappa shape index (κ1) is 12.6. The molecule has 102 valence electrons. The zero-order valence-electron chi connectivity index (χ0n) is 11.3. The number of rotatable bonds is 4. The molecule has 4 heteroatoms.